The molecule has 0 bridgehead atoms. The van der Waals surface area contributed by atoms with Gasteiger partial charge in [0.15, 0.2) is 6.10 Å². The number of rotatable bonds is 0. The maximum atomic E-state index is 11.2. The van der Waals surface area contributed by atoms with Crippen LogP contribution in [0.15, 0.2) is 18.2 Å². The minimum atomic E-state index is -0.434. The molecule has 1 heterocycles. The molecule has 14 heavy (non-hydrogen) atoms. The number of fused-ring (bicyclic) bond motifs is 1. The standard InChI is InChI=1S/C9H10N2O2.ClH/c1-5-9(12)11-7-4-6(10)2-3-8(7)13-5;/h2-5H,10H2,1H3,(H,11,12);1H. The van der Waals surface area contributed by atoms with E-state index < -0.39 is 6.10 Å². The van der Waals surface area contributed by atoms with Crippen LogP contribution >= 0.6 is 12.4 Å². The first kappa shape index (κ1) is 10.7. The second kappa shape index (κ2) is 3.75. The third-order valence-corrected chi connectivity index (χ3v) is 1.93. The normalized spacial score (nSPS) is 18.6. The summed E-state index contributed by atoms with van der Waals surface area (Å²) in [6.45, 7) is 1.70. The van der Waals surface area contributed by atoms with Crippen LogP contribution in [-0.2, 0) is 4.79 Å². The van der Waals surface area contributed by atoms with E-state index in [9.17, 15) is 4.79 Å². The van der Waals surface area contributed by atoms with Crippen LogP contribution in [0.3, 0.4) is 0 Å². The quantitative estimate of drug-likeness (QED) is 0.642. The Kier molecular flexibility index (Phi) is 2.86. The molecule has 1 aliphatic rings. The topological polar surface area (TPSA) is 64.3 Å². The van der Waals surface area contributed by atoms with Crippen molar-refractivity contribution in [1.29, 1.82) is 0 Å². The number of carbonyl (C=O) groups excluding carboxylic acids is 1. The van der Waals surface area contributed by atoms with E-state index >= 15 is 0 Å². The van der Waals surface area contributed by atoms with E-state index in [0.29, 0.717) is 17.1 Å². The van der Waals surface area contributed by atoms with Crippen molar-refractivity contribution in [3.63, 3.8) is 0 Å². The van der Waals surface area contributed by atoms with E-state index in [2.05, 4.69) is 5.32 Å². The van der Waals surface area contributed by atoms with Gasteiger partial charge in [-0.3, -0.25) is 4.79 Å². The van der Waals surface area contributed by atoms with Crippen molar-refractivity contribution >= 4 is 29.7 Å². The number of amides is 1. The molecule has 0 saturated heterocycles. The van der Waals surface area contributed by atoms with Gasteiger partial charge in [-0.2, -0.15) is 0 Å². The molecular formula is C9H11ClN2O2. The lowest BCUT2D eigenvalue weighted by atomic mass is 10.2. The van der Waals surface area contributed by atoms with Gasteiger partial charge < -0.3 is 15.8 Å². The second-order valence-corrected chi connectivity index (χ2v) is 3.00. The van der Waals surface area contributed by atoms with Gasteiger partial charge in [-0.25, -0.2) is 0 Å². The van der Waals surface area contributed by atoms with Crippen LogP contribution in [0.4, 0.5) is 11.4 Å². The van der Waals surface area contributed by atoms with Crippen molar-refractivity contribution < 1.29 is 9.53 Å². The van der Waals surface area contributed by atoms with Crippen LogP contribution in [0.1, 0.15) is 6.92 Å². The monoisotopic (exact) mass is 214 g/mol. The van der Waals surface area contributed by atoms with E-state index in [1.165, 1.54) is 0 Å². The Hall–Kier alpha value is -1.42. The lowest BCUT2D eigenvalue weighted by molar-refractivity contribution is -0.122. The maximum Gasteiger partial charge on any atom is 0.265 e. The predicted molar refractivity (Wildman–Crippen MR) is 56.8 cm³/mol. The van der Waals surface area contributed by atoms with E-state index in [0.717, 1.165) is 0 Å². The lowest BCUT2D eigenvalue weighted by Crippen LogP contribution is -2.34. The summed E-state index contributed by atoms with van der Waals surface area (Å²) < 4.78 is 5.33. The van der Waals surface area contributed by atoms with Crippen LogP contribution < -0.4 is 15.8 Å². The number of carbonyl (C=O) groups is 1. The van der Waals surface area contributed by atoms with Gasteiger partial charge in [0.2, 0.25) is 0 Å². The Labute approximate surface area is 87.8 Å². The number of ether oxygens (including phenoxy) is 1. The van der Waals surface area contributed by atoms with Crippen molar-refractivity contribution in [1.82, 2.24) is 0 Å². The van der Waals surface area contributed by atoms with Gasteiger partial charge in [-0.05, 0) is 25.1 Å². The summed E-state index contributed by atoms with van der Waals surface area (Å²) in [5.41, 5.74) is 6.81. The third-order valence-electron chi connectivity index (χ3n) is 1.93. The molecule has 76 valence electrons. The highest BCUT2D eigenvalue weighted by atomic mass is 35.5. The summed E-state index contributed by atoms with van der Waals surface area (Å²) in [5, 5.41) is 2.71. The molecular weight excluding hydrogens is 204 g/mol. The van der Waals surface area contributed by atoms with Gasteiger partial charge >= 0.3 is 0 Å². The van der Waals surface area contributed by atoms with Crippen LogP contribution in [0, 0.1) is 0 Å². The molecule has 1 aliphatic heterocycles. The Morgan fingerprint density at radius 2 is 2.21 bits per heavy atom. The van der Waals surface area contributed by atoms with Gasteiger partial charge in [0.25, 0.3) is 5.91 Å². The molecule has 4 nitrogen and oxygen atoms in total. The van der Waals surface area contributed by atoms with Gasteiger partial charge in [-0.1, -0.05) is 0 Å². The zero-order valence-electron chi connectivity index (χ0n) is 7.61. The second-order valence-electron chi connectivity index (χ2n) is 3.00. The van der Waals surface area contributed by atoms with Crippen LogP contribution in [0.5, 0.6) is 5.75 Å². The summed E-state index contributed by atoms with van der Waals surface area (Å²) in [7, 11) is 0. The molecule has 0 saturated carbocycles. The molecule has 3 N–H and O–H groups in total. The summed E-state index contributed by atoms with van der Waals surface area (Å²) in [6.07, 6.45) is -0.434. The fourth-order valence-electron chi connectivity index (χ4n) is 1.23. The van der Waals surface area contributed by atoms with E-state index in [1.54, 1.807) is 25.1 Å². The molecule has 0 aliphatic carbocycles. The first-order chi connectivity index (χ1) is 6.16. The zero-order valence-corrected chi connectivity index (χ0v) is 8.43. The first-order valence-electron chi connectivity index (χ1n) is 4.04. The van der Waals surface area contributed by atoms with E-state index in [4.69, 9.17) is 10.5 Å². The number of nitrogens with one attached hydrogen (secondary N) is 1. The largest absolute Gasteiger partial charge is 0.479 e. The van der Waals surface area contributed by atoms with Crippen LogP contribution in [0.25, 0.3) is 0 Å². The third kappa shape index (κ3) is 1.75. The molecule has 1 unspecified atom stereocenters. The van der Waals surface area contributed by atoms with Crippen molar-refractivity contribution in [3.05, 3.63) is 18.2 Å². The number of halogens is 1. The molecule has 2 rings (SSSR count). The van der Waals surface area contributed by atoms with Crippen molar-refractivity contribution in [2.75, 3.05) is 11.1 Å². The molecule has 0 aromatic heterocycles. The Morgan fingerprint density at radius 1 is 1.50 bits per heavy atom. The fraction of sp³-hybridized carbons (Fsp3) is 0.222. The highest BCUT2D eigenvalue weighted by Gasteiger charge is 2.22. The van der Waals surface area contributed by atoms with Gasteiger partial charge in [0, 0.05) is 5.69 Å². The molecule has 0 radical (unpaired) electrons. The van der Waals surface area contributed by atoms with Crippen LogP contribution in [0.2, 0.25) is 0 Å². The predicted octanol–water partition coefficient (Wildman–Crippen LogP) is 1.41. The highest BCUT2D eigenvalue weighted by molar-refractivity contribution is 5.97. The van der Waals surface area contributed by atoms with Crippen molar-refractivity contribution in [3.8, 4) is 5.75 Å². The van der Waals surface area contributed by atoms with E-state index in [-0.39, 0.29) is 18.3 Å². The Bertz CT molecular complexity index is 368. The first-order valence-corrected chi connectivity index (χ1v) is 4.04. The minimum Gasteiger partial charge on any atom is -0.479 e. The average molecular weight is 215 g/mol. The number of hydrogen-bond acceptors (Lipinski definition) is 3. The molecule has 5 heteroatoms. The van der Waals surface area contributed by atoms with Gasteiger partial charge in [0.05, 0.1) is 5.69 Å². The Balaban J connectivity index is 0.000000980. The molecule has 1 aromatic carbocycles. The number of nitrogens with two attached hydrogens (primary N) is 1. The van der Waals surface area contributed by atoms with Gasteiger partial charge in [-0.15, -0.1) is 12.4 Å². The van der Waals surface area contributed by atoms with E-state index in [1.807, 2.05) is 0 Å². The maximum absolute atomic E-state index is 11.2. The number of benzene rings is 1. The molecule has 1 aromatic rings. The van der Waals surface area contributed by atoms with Gasteiger partial charge in [0.1, 0.15) is 5.75 Å². The minimum absolute atomic E-state index is 0. The summed E-state index contributed by atoms with van der Waals surface area (Å²) in [5.74, 6) is 0.527. The Morgan fingerprint density at radius 3 is 2.93 bits per heavy atom. The molecule has 1 amide bonds. The number of anilines is 2. The summed E-state index contributed by atoms with van der Waals surface area (Å²) >= 11 is 0. The molecule has 0 fully saturated rings. The zero-order chi connectivity index (χ0) is 9.42. The lowest BCUT2D eigenvalue weighted by Gasteiger charge is -2.23. The smallest absolute Gasteiger partial charge is 0.265 e. The average Bonchev–Trinajstić information content (AvgIpc) is 2.08. The van der Waals surface area contributed by atoms with Crippen molar-refractivity contribution in [2.45, 2.75) is 13.0 Å². The number of hydrogen-bond donors (Lipinski definition) is 2. The summed E-state index contributed by atoms with van der Waals surface area (Å²) in [4.78, 5) is 11.2. The molecule has 0 spiro atoms. The SMILES string of the molecule is CC1Oc2ccc(N)cc2NC1=O.Cl. The van der Waals surface area contributed by atoms with Crippen LogP contribution in [-0.4, -0.2) is 12.0 Å². The molecule has 1 atom stereocenters. The fourth-order valence-corrected chi connectivity index (χ4v) is 1.23. The number of nitrogen functional groups attached to an aromatic ring is 1. The summed E-state index contributed by atoms with van der Waals surface area (Å²) in [6, 6.07) is 5.17. The van der Waals surface area contributed by atoms with Crippen molar-refractivity contribution in [2.24, 2.45) is 0 Å². The highest BCUT2D eigenvalue weighted by Crippen LogP contribution is 2.30.